The zero-order valence-corrected chi connectivity index (χ0v) is 12.5. The van der Waals surface area contributed by atoms with Crippen LogP contribution in [0.1, 0.15) is 22.6 Å². The number of amides is 1. The Morgan fingerprint density at radius 2 is 1.90 bits per heavy atom. The van der Waals surface area contributed by atoms with Gasteiger partial charge < -0.3 is 9.88 Å². The van der Waals surface area contributed by atoms with E-state index in [1.165, 1.54) is 0 Å². The predicted molar refractivity (Wildman–Crippen MR) is 81.0 cm³/mol. The van der Waals surface area contributed by atoms with Gasteiger partial charge in [-0.1, -0.05) is 30.3 Å². The summed E-state index contributed by atoms with van der Waals surface area (Å²) in [5.41, 5.74) is 1.87. The fraction of sp³-hybridized carbons (Fsp3) is 0.312. The zero-order valence-electron chi connectivity index (χ0n) is 12.5. The average Bonchev–Trinajstić information content (AvgIpc) is 2.43. The first-order valence-corrected chi connectivity index (χ1v) is 6.81. The molecule has 0 atom stereocenters. The van der Waals surface area contributed by atoms with Gasteiger partial charge in [0.05, 0.1) is 6.42 Å². The molecular formula is C16H19N3O2. The van der Waals surface area contributed by atoms with Gasteiger partial charge in [-0.15, -0.1) is 0 Å². The van der Waals surface area contributed by atoms with Crippen LogP contribution in [-0.4, -0.2) is 27.8 Å². The van der Waals surface area contributed by atoms with Crippen molar-refractivity contribution in [2.45, 2.75) is 26.8 Å². The molecule has 0 saturated carbocycles. The molecule has 1 heterocycles. The summed E-state index contributed by atoms with van der Waals surface area (Å²) in [7, 11) is 1.74. The van der Waals surface area contributed by atoms with Crippen LogP contribution in [0.3, 0.4) is 0 Å². The maximum atomic E-state index is 12.3. The first-order valence-electron chi connectivity index (χ1n) is 6.81. The van der Waals surface area contributed by atoms with Crippen LogP contribution in [0.4, 0.5) is 0 Å². The number of aromatic amines is 1. The minimum absolute atomic E-state index is 0.0672. The third-order valence-corrected chi connectivity index (χ3v) is 3.36. The van der Waals surface area contributed by atoms with Crippen molar-refractivity contribution in [2.75, 3.05) is 7.05 Å². The molecule has 0 unspecified atom stereocenters. The summed E-state index contributed by atoms with van der Waals surface area (Å²) in [4.78, 5) is 32.6. The second-order valence-electron chi connectivity index (χ2n) is 5.13. The Kier molecular flexibility index (Phi) is 4.52. The average molecular weight is 285 g/mol. The lowest BCUT2D eigenvalue weighted by molar-refractivity contribution is -0.129. The molecule has 1 N–H and O–H groups in total. The van der Waals surface area contributed by atoms with E-state index >= 15 is 0 Å². The van der Waals surface area contributed by atoms with E-state index in [0.29, 0.717) is 23.6 Å². The van der Waals surface area contributed by atoms with E-state index in [9.17, 15) is 9.59 Å². The van der Waals surface area contributed by atoms with Gasteiger partial charge in [0.25, 0.3) is 5.56 Å². The van der Waals surface area contributed by atoms with E-state index in [-0.39, 0.29) is 17.9 Å². The highest BCUT2D eigenvalue weighted by molar-refractivity contribution is 5.78. The highest BCUT2D eigenvalue weighted by atomic mass is 16.2. The summed E-state index contributed by atoms with van der Waals surface area (Å²) in [6.07, 6.45) is 0.0672. The van der Waals surface area contributed by atoms with Crippen LogP contribution in [0.15, 0.2) is 35.1 Å². The molecule has 1 aromatic heterocycles. The minimum Gasteiger partial charge on any atom is -0.341 e. The van der Waals surface area contributed by atoms with Crippen LogP contribution in [0.25, 0.3) is 0 Å². The summed E-state index contributed by atoms with van der Waals surface area (Å²) >= 11 is 0. The standard InChI is InChI=1S/C16H19N3O2/c1-11-14(16(21)18-12(2)17-11)9-15(20)19(3)10-13-7-5-4-6-8-13/h4-8H,9-10H2,1-3H3,(H,17,18,21). The predicted octanol–water partition coefficient (Wildman–Crippen LogP) is 1.59. The van der Waals surface area contributed by atoms with E-state index in [2.05, 4.69) is 9.97 Å². The fourth-order valence-corrected chi connectivity index (χ4v) is 2.19. The summed E-state index contributed by atoms with van der Waals surface area (Å²) < 4.78 is 0. The Morgan fingerprint density at radius 1 is 1.24 bits per heavy atom. The van der Waals surface area contributed by atoms with Crippen molar-refractivity contribution in [1.82, 2.24) is 14.9 Å². The Morgan fingerprint density at radius 3 is 2.52 bits per heavy atom. The summed E-state index contributed by atoms with van der Waals surface area (Å²) in [5, 5.41) is 0. The SMILES string of the molecule is Cc1nc(C)c(CC(=O)N(C)Cc2ccccc2)c(=O)[nH]1. The lowest BCUT2D eigenvalue weighted by atomic mass is 10.1. The van der Waals surface area contributed by atoms with E-state index in [1.54, 1.807) is 25.8 Å². The van der Waals surface area contributed by atoms with Gasteiger partial charge in [0, 0.05) is 24.8 Å². The van der Waals surface area contributed by atoms with Crippen LogP contribution < -0.4 is 5.56 Å². The van der Waals surface area contributed by atoms with Gasteiger partial charge in [-0.2, -0.15) is 0 Å². The van der Waals surface area contributed by atoms with Gasteiger partial charge >= 0.3 is 0 Å². The molecule has 5 heteroatoms. The number of likely N-dealkylation sites (N-methyl/N-ethyl adjacent to an activating group) is 1. The molecule has 5 nitrogen and oxygen atoms in total. The van der Waals surface area contributed by atoms with Crippen molar-refractivity contribution in [1.29, 1.82) is 0 Å². The van der Waals surface area contributed by atoms with Gasteiger partial charge in [0.15, 0.2) is 0 Å². The molecule has 2 rings (SSSR count). The number of benzene rings is 1. The van der Waals surface area contributed by atoms with Gasteiger partial charge in [-0.05, 0) is 19.4 Å². The van der Waals surface area contributed by atoms with Gasteiger partial charge in [-0.25, -0.2) is 4.98 Å². The van der Waals surface area contributed by atoms with Gasteiger partial charge in [0.2, 0.25) is 5.91 Å². The highest BCUT2D eigenvalue weighted by Crippen LogP contribution is 2.06. The van der Waals surface area contributed by atoms with Crippen molar-refractivity contribution in [3.8, 4) is 0 Å². The van der Waals surface area contributed by atoms with Gasteiger partial charge in [0.1, 0.15) is 5.82 Å². The number of aryl methyl sites for hydroxylation is 2. The van der Waals surface area contributed by atoms with E-state index in [4.69, 9.17) is 0 Å². The number of carbonyl (C=O) groups is 1. The van der Waals surface area contributed by atoms with Crippen molar-refractivity contribution in [3.05, 3.63) is 63.3 Å². The molecule has 0 radical (unpaired) electrons. The van der Waals surface area contributed by atoms with E-state index < -0.39 is 0 Å². The highest BCUT2D eigenvalue weighted by Gasteiger charge is 2.15. The molecule has 1 aromatic carbocycles. The molecule has 1 amide bonds. The van der Waals surface area contributed by atoms with E-state index in [1.807, 2.05) is 30.3 Å². The lowest BCUT2D eigenvalue weighted by Crippen LogP contribution is -2.30. The number of hydrogen-bond acceptors (Lipinski definition) is 3. The molecule has 21 heavy (non-hydrogen) atoms. The van der Waals surface area contributed by atoms with Crippen LogP contribution in [0.5, 0.6) is 0 Å². The van der Waals surface area contributed by atoms with Crippen molar-refractivity contribution in [2.24, 2.45) is 0 Å². The molecule has 0 aliphatic carbocycles. The summed E-state index contributed by atoms with van der Waals surface area (Å²) in [5.74, 6) is 0.462. The van der Waals surface area contributed by atoms with Crippen molar-refractivity contribution < 1.29 is 4.79 Å². The quantitative estimate of drug-likeness (QED) is 0.927. The third kappa shape index (κ3) is 3.78. The minimum atomic E-state index is -0.235. The molecule has 0 aliphatic rings. The van der Waals surface area contributed by atoms with Crippen LogP contribution in [0.2, 0.25) is 0 Å². The maximum absolute atomic E-state index is 12.3. The fourth-order valence-electron chi connectivity index (χ4n) is 2.19. The smallest absolute Gasteiger partial charge is 0.254 e. The number of nitrogens with zero attached hydrogens (tertiary/aromatic N) is 2. The molecule has 0 fully saturated rings. The molecule has 0 spiro atoms. The second kappa shape index (κ2) is 6.35. The number of rotatable bonds is 4. The Labute approximate surface area is 123 Å². The van der Waals surface area contributed by atoms with E-state index in [0.717, 1.165) is 5.56 Å². The number of hydrogen-bond donors (Lipinski definition) is 1. The normalized spacial score (nSPS) is 10.4. The molecule has 110 valence electrons. The molecule has 2 aromatic rings. The summed E-state index contributed by atoms with van der Waals surface area (Å²) in [6.45, 7) is 4.00. The third-order valence-electron chi connectivity index (χ3n) is 3.36. The topological polar surface area (TPSA) is 66.1 Å². The first kappa shape index (κ1) is 15.0. The number of H-pyrrole nitrogens is 1. The van der Waals surface area contributed by atoms with Crippen LogP contribution >= 0.6 is 0 Å². The Bertz CT molecular complexity index is 692. The first-order chi connectivity index (χ1) is 9.97. The van der Waals surface area contributed by atoms with Gasteiger partial charge in [-0.3, -0.25) is 9.59 Å². The Balaban J connectivity index is 2.10. The maximum Gasteiger partial charge on any atom is 0.254 e. The molecule has 0 saturated heterocycles. The van der Waals surface area contributed by atoms with Crippen LogP contribution in [0, 0.1) is 13.8 Å². The summed E-state index contributed by atoms with van der Waals surface area (Å²) in [6, 6.07) is 9.75. The van der Waals surface area contributed by atoms with Crippen molar-refractivity contribution in [3.63, 3.8) is 0 Å². The largest absolute Gasteiger partial charge is 0.341 e. The Hall–Kier alpha value is -2.43. The number of aromatic nitrogens is 2. The lowest BCUT2D eigenvalue weighted by Gasteiger charge is -2.17. The molecular weight excluding hydrogens is 266 g/mol. The molecule has 0 bridgehead atoms. The number of carbonyl (C=O) groups excluding carboxylic acids is 1. The monoisotopic (exact) mass is 285 g/mol. The van der Waals surface area contributed by atoms with Crippen molar-refractivity contribution >= 4 is 5.91 Å². The number of nitrogens with one attached hydrogen (secondary N) is 1. The molecule has 0 aliphatic heterocycles. The van der Waals surface area contributed by atoms with Crippen LogP contribution in [-0.2, 0) is 17.8 Å². The zero-order chi connectivity index (χ0) is 15.4. The second-order valence-corrected chi connectivity index (χ2v) is 5.13.